The highest BCUT2D eigenvalue weighted by molar-refractivity contribution is 5.80. The summed E-state index contributed by atoms with van der Waals surface area (Å²) in [6.07, 6.45) is 1.76. The van der Waals surface area contributed by atoms with Crippen molar-refractivity contribution in [3.05, 3.63) is 77.6 Å². The van der Waals surface area contributed by atoms with Crippen molar-refractivity contribution in [1.29, 1.82) is 0 Å². The molecule has 3 aromatic rings. The minimum atomic E-state index is -0.954. The van der Waals surface area contributed by atoms with Crippen LogP contribution in [0.4, 0.5) is 8.78 Å². The Kier molecular flexibility index (Phi) is 5.31. The number of nitrogens with zero attached hydrogens (tertiary/aromatic N) is 4. The lowest BCUT2D eigenvalue weighted by atomic mass is 10.0. The van der Waals surface area contributed by atoms with E-state index in [1.54, 1.807) is 6.92 Å². The lowest BCUT2D eigenvalue weighted by Gasteiger charge is -2.20. The first kappa shape index (κ1) is 17.7. The van der Waals surface area contributed by atoms with Crippen LogP contribution in [-0.4, -0.2) is 26.1 Å². The number of rotatable bonds is 6. The van der Waals surface area contributed by atoms with Crippen LogP contribution in [0.25, 0.3) is 0 Å². The van der Waals surface area contributed by atoms with E-state index in [-0.39, 0.29) is 5.91 Å². The van der Waals surface area contributed by atoms with Gasteiger partial charge in [0.15, 0.2) is 11.6 Å². The molecule has 1 amide bonds. The summed E-state index contributed by atoms with van der Waals surface area (Å²) in [4.78, 5) is 12.8. The molecule has 0 aliphatic heterocycles. The van der Waals surface area contributed by atoms with E-state index in [1.807, 2.05) is 30.3 Å². The maximum absolute atomic E-state index is 13.4. The molecule has 134 valence electrons. The van der Waals surface area contributed by atoms with E-state index in [0.717, 1.165) is 17.7 Å². The molecular formula is C18H17F2N5O. The lowest BCUT2D eigenvalue weighted by molar-refractivity contribution is -0.125. The second-order valence-corrected chi connectivity index (χ2v) is 5.90. The Balaban J connectivity index is 1.77. The van der Waals surface area contributed by atoms with Crippen LogP contribution < -0.4 is 5.32 Å². The van der Waals surface area contributed by atoms with Crippen molar-refractivity contribution in [2.45, 2.75) is 25.4 Å². The van der Waals surface area contributed by atoms with Gasteiger partial charge in [0.1, 0.15) is 12.4 Å². The summed E-state index contributed by atoms with van der Waals surface area (Å²) in [7, 11) is 0. The monoisotopic (exact) mass is 357 g/mol. The summed E-state index contributed by atoms with van der Waals surface area (Å²) in [5, 5.41) is 13.8. The molecule has 0 saturated heterocycles. The molecular weight excluding hydrogens is 340 g/mol. The van der Waals surface area contributed by atoms with Crippen LogP contribution in [-0.2, 0) is 11.2 Å². The van der Waals surface area contributed by atoms with Crippen molar-refractivity contribution in [2.24, 2.45) is 0 Å². The van der Waals surface area contributed by atoms with Gasteiger partial charge in [0.05, 0.1) is 6.04 Å². The Morgan fingerprint density at radius 2 is 1.92 bits per heavy atom. The van der Waals surface area contributed by atoms with Gasteiger partial charge in [-0.3, -0.25) is 4.79 Å². The number of benzene rings is 2. The van der Waals surface area contributed by atoms with Crippen LogP contribution >= 0.6 is 0 Å². The molecule has 6 nitrogen and oxygen atoms in total. The summed E-state index contributed by atoms with van der Waals surface area (Å²) in [6.45, 7) is 1.70. The van der Waals surface area contributed by atoms with E-state index in [1.165, 1.54) is 17.1 Å². The lowest BCUT2D eigenvalue weighted by Crippen LogP contribution is -2.36. The SMILES string of the molecule is CC(NC(=O)C(Cc1ccccc1)n1cnnn1)c1ccc(F)c(F)c1. The maximum Gasteiger partial charge on any atom is 0.245 e. The molecule has 0 spiro atoms. The molecule has 0 saturated carbocycles. The third-order valence-corrected chi connectivity index (χ3v) is 4.06. The normalized spacial score (nSPS) is 13.2. The topological polar surface area (TPSA) is 72.7 Å². The molecule has 1 heterocycles. The number of aromatic nitrogens is 4. The highest BCUT2D eigenvalue weighted by Gasteiger charge is 2.24. The zero-order valence-corrected chi connectivity index (χ0v) is 14.0. The second-order valence-electron chi connectivity index (χ2n) is 5.90. The van der Waals surface area contributed by atoms with Crippen molar-refractivity contribution >= 4 is 5.91 Å². The van der Waals surface area contributed by atoms with Gasteiger partial charge in [0.25, 0.3) is 0 Å². The summed E-state index contributed by atoms with van der Waals surface area (Å²) >= 11 is 0. The Hall–Kier alpha value is -3.16. The zero-order valence-electron chi connectivity index (χ0n) is 14.0. The molecule has 2 unspecified atom stereocenters. The molecule has 1 N–H and O–H groups in total. The van der Waals surface area contributed by atoms with E-state index < -0.39 is 23.7 Å². The first-order valence-electron chi connectivity index (χ1n) is 8.06. The molecule has 3 rings (SSSR count). The summed E-state index contributed by atoms with van der Waals surface area (Å²) in [5.41, 5.74) is 1.41. The molecule has 2 aromatic carbocycles. The van der Waals surface area contributed by atoms with Crippen molar-refractivity contribution in [1.82, 2.24) is 25.5 Å². The van der Waals surface area contributed by atoms with Gasteiger partial charge in [-0.15, -0.1) is 5.10 Å². The van der Waals surface area contributed by atoms with Crippen LogP contribution in [0.1, 0.15) is 30.1 Å². The second kappa shape index (κ2) is 7.81. The van der Waals surface area contributed by atoms with E-state index in [2.05, 4.69) is 20.8 Å². The molecule has 0 aliphatic rings. The van der Waals surface area contributed by atoms with Crippen LogP contribution in [0.5, 0.6) is 0 Å². The van der Waals surface area contributed by atoms with Gasteiger partial charge >= 0.3 is 0 Å². The minimum Gasteiger partial charge on any atom is -0.348 e. The zero-order chi connectivity index (χ0) is 18.5. The number of amides is 1. The Bertz CT molecular complexity index is 871. The predicted molar refractivity (Wildman–Crippen MR) is 89.9 cm³/mol. The number of tetrazole rings is 1. The van der Waals surface area contributed by atoms with Crippen LogP contribution in [0, 0.1) is 11.6 Å². The van der Waals surface area contributed by atoms with Crippen LogP contribution in [0.3, 0.4) is 0 Å². The molecule has 0 bridgehead atoms. The van der Waals surface area contributed by atoms with Crippen molar-refractivity contribution in [2.75, 3.05) is 0 Å². The Morgan fingerprint density at radius 3 is 2.58 bits per heavy atom. The fourth-order valence-corrected chi connectivity index (χ4v) is 2.63. The largest absolute Gasteiger partial charge is 0.348 e. The average Bonchev–Trinajstić information content (AvgIpc) is 3.17. The Labute approximate surface area is 148 Å². The Morgan fingerprint density at radius 1 is 1.15 bits per heavy atom. The van der Waals surface area contributed by atoms with E-state index in [9.17, 15) is 13.6 Å². The standard InChI is InChI=1S/C18H17F2N5O/c1-12(14-7-8-15(19)16(20)10-14)22-18(26)17(25-11-21-23-24-25)9-13-5-3-2-4-6-13/h2-8,10-12,17H,9H2,1H3,(H,22,26). The van der Waals surface area contributed by atoms with Crippen molar-refractivity contribution < 1.29 is 13.6 Å². The number of carbonyl (C=O) groups is 1. The van der Waals surface area contributed by atoms with Gasteiger partial charge in [-0.05, 0) is 40.6 Å². The molecule has 0 radical (unpaired) electrons. The smallest absolute Gasteiger partial charge is 0.245 e. The molecule has 26 heavy (non-hydrogen) atoms. The third kappa shape index (κ3) is 4.08. The van der Waals surface area contributed by atoms with E-state index in [0.29, 0.717) is 12.0 Å². The van der Waals surface area contributed by atoms with Gasteiger partial charge in [-0.2, -0.15) is 0 Å². The third-order valence-electron chi connectivity index (χ3n) is 4.06. The number of carbonyl (C=O) groups excluding carboxylic acids is 1. The molecule has 2 atom stereocenters. The van der Waals surface area contributed by atoms with Gasteiger partial charge in [0, 0.05) is 6.42 Å². The molecule has 8 heteroatoms. The summed E-state index contributed by atoms with van der Waals surface area (Å²) < 4.78 is 27.9. The van der Waals surface area contributed by atoms with Gasteiger partial charge in [-0.25, -0.2) is 13.5 Å². The van der Waals surface area contributed by atoms with E-state index >= 15 is 0 Å². The highest BCUT2D eigenvalue weighted by atomic mass is 19.2. The van der Waals surface area contributed by atoms with Crippen LogP contribution in [0.2, 0.25) is 0 Å². The molecule has 0 fully saturated rings. The van der Waals surface area contributed by atoms with Gasteiger partial charge < -0.3 is 5.32 Å². The first-order chi connectivity index (χ1) is 12.5. The molecule has 0 aliphatic carbocycles. The summed E-state index contributed by atoms with van der Waals surface area (Å²) in [5.74, 6) is -2.20. The first-order valence-corrected chi connectivity index (χ1v) is 8.06. The van der Waals surface area contributed by atoms with Gasteiger partial charge in [0.2, 0.25) is 5.91 Å². The predicted octanol–water partition coefficient (Wildman–Crippen LogP) is 2.61. The number of hydrogen-bond acceptors (Lipinski definition) is 4. The van der Waals surface area contributed by atoms with Crippen molar-refractivity contribution in [3.63, 3.8) is 0 Å². The number of hydrogen-bond donors (Lipinski definition) is 1. The van der Waals surface area contributed by atoms with Gasteiger partial charge in [-0.1, -0.05) is 36.4 Å². The number of halogens is 2. The van der Waals surface area contributed by atoms with Crippen LogP contribution in [0.15, 0.2) is 54.9 Å². The maximum atomic E-state index is 13.4. The van der Waals surface area contributed by atoms with E-state index in [4.69, 9.17) is 0 Å². The fraction of sp³-hybridized carbons (Fsp3) is 0.222. The minimum absolute atomic E-state index is 0.321. The molecule has 1 aromatic heterocycles. The number of nitrogens with one attached hydrogen (secondary N) is 1. The van der Waals surface area contributed by atoms with Crippen molar-refractivity contribution in [3.8, 4) is 0 Å². The summed E-state index contributed by atoms with van der Waals surface area (Å²) in [6, 6.07) is 11.8. The average molecular weight is 357 g/mol. The highest BCUT2D eigenvalue weighted by Crippen LogP contribution is 2.19. The fourth-order valence-electron chi connectivity index (χ4n) is 2.63. The quantitative estimate of drug-likeness (QED) is 0.736.